The maximum atomic E-state index is 14.5. The summed E-state index contributed by atoms with van der Waals surface area (Å²) in [5.41, 5.74) is 2.52. The van der Waals surface area contributed by atoms with Crippen LogP contribution < -0.4 is 9.62 Å². The first-order chi connectivity index (χ1) is 21.4. The third kappa shape index (κ3) is 8.88. The van der Waals surface area contributed by atoms with Crippen molar-refractivity contribution < 1.29 is 18.0 Å². The summed E-state index contributed by atoms with van der Waals surface area (Å²) in [6, 6.07) is 26.6. The number of hydrogen-bond donors (Lipinski definition) is 1. The van der Waals surface area contributed by atoms with Gasteiger partial charge in [0, 0.05) is 23.5 Å². The Bertz CT molecular complexity index is 1750. The predicted molar refractivity (Wildman–Crippen MR) is 184 cm³/mol. The van der Waals surface area contributed by atoms with Crippen molar-refractivity contribution in [1.29, 1.82) is 0 Å². The van der Waals surface area contributed by atoms with Crippen molar-refractivity contribution in [2.75, 3.05) is 10.8 Å². The Morgan fingerprint density at radius 2 is 1.51 bits per heavy atom. The molecule has 0 saturated heterocycles. The van der Waals surface area contributed by atoms with Gasteiger partial charge in [0.1, 0.15) is 12.6 Å². The molecule has 0 radical (unpaired) electrons. The second kappa shape index (κ2) is 15.3. The SMILES string of the molecule is Cc1ccc(S(=O)(=O)N(CC(=O)N(Cc2cccc(Br)c2)C(Cc2ccccc2)C(=O)NC(C)C)c2cccc(Cl)c2Cl)cc1. The number of hydrogen-bond acceptors (Lipinski definition) is 4. The van der Waals surface area contributed by atoms with E-state index in [1.54, 1.807) is 18.2 Å². The van der Waals surface area contributed by atoms with Crippen LogP contribution in [0.3, 0.4) is 0 Å². The summed E-state index contributed by atoms with van der Waals surface area (Å²) < 4.78 is 30.1. The van der Waals surface area contributed by atoms with Crippen molar-refractivity contribution in [2.24, 2.45) is 0 Å². The zero-order valence-electron chi connectivity index (χ0n) is 25.1. The van der Waals surface area contributed by atoms with Crippen molar-refractivity contribution in [3.05, 3.63) is 128 Å². The van der Waals surface area contributed by atoms with Crippen molar-refractivity contribution in [3.8, 4) is 0 Å². The monoisotopic (exact) mass is 729 g/mol. The molecule has 0 spiro atoms. The molecule has 11 heteroatoms. The molecular formula is C34H34BrCl2N3O4S. The Balaban J connectivity index is 1.84. The number of benzene rings is 4. The van der Waals surface area contributed by atoms with Crippen LogP contribution in [-0.4, -0.2) is 43.8 Å². The molecule has 0 saturated carbocycles. The average Bonchev–Trinajstić information content (AvgIpc) is 2.99. The molecular weight excluding hydrogens is 697 g/mol. The zero-order chi connectivity index (χ0) is 32.7. The first-order valence-corrected chi connectivity index (χ1v) is 17.3. The number of nitrogens with one attached hydrogen (secondary N) is 1. The highest BCUT2D eigenvalue weighted by molar-refractivity contribution is 9.10. The average molecular weight is 732 g/mol. The maximum Gasteiger partial charge on any atom is 0.264 e. The van der Waals surface area contributed by atoms with Crippen LogP contribution in [0.2, 0.25) is 10.0 Å². The van der Waals surface area contributed by atoms with E-state index in [9.17, 15) is 18.0 Å². The zero-order valence-corrected chi connectivity index (χ0v) is 29.0. The number of carbonyl (C=O) groups is 2. The predicted octanol–water partition coefficient (Wildman–Crippen LogP) is 7.42. The van der Waals surface area contributed by atoms with E-state index in [0.29, 0.717) is 0 Å². The van der Waals surface area contributed by atoms with Crippen LogP contribution >= 0.6 is 39.1 Å². The van der Waals surface area contributed by atoms with E-state index < -0.39 is 28.5 Å². The summed E-state index contributed by atoms with van der Waals surface area (Å²) in [5.74, 6) is -0.951. The molecule has 0 bridgehead atoms. The fraction of sp³-hybridized carbons (Fsp3) is 0.235. The lowest BCUT2D eigenvalue weighted by Gasteiger charge is -2.34. The lowest BCUT2D eigenvalue weighted by molar-refractivity contribution is -0.140. The molecule has 7 nitrogen and oxygen atoms in total. The normalized spacial score (nSPS) is 12.1. The molecule has 0 aliphatic carbocycles. The lowest BCUT2D eigenvalue weighted by atomic mass is 10.0. The fourth-order valence-electron chi connectivity index (χ4n) is 4.80. The van der Waals surface area contributed by atoms with Crippen molar-refractivity contribution in [1.82, 2.24) is 10.2 Å². The summed E-state index contributed by atoms with van der Waals surface area (Å²) in [4.78, 5) is 29.7. The summed E-state index contributed by atoms with van der Waals surface area (Å²) in [5, 5.41) is 3.07. The molecule has 1 atom stereocenters. The fourth-order valence-corrected chi connectivity index (χ4v) is 7.12. The lowest BCUT2D eigenvalue weighted by Crippen LogP contribution is -2.54. The van der Waals surface area contributed by atoms with Crippen LogP contribution in [0.15, 0.2) is 106 Å². The van der Waals surface area contributed by atoms with Gasteiger partial charge in [0.05, 0.1) is 20.6 Å². The van der Waals surface area contributed by atoms with Gasteiger partial charge in [-0.3, -0.25) is 13.9 Å². The van der Waals surface area contributed by atoms with E-state index in [-0.39, 0.29) is 45.5 Å². The van der Waals surface area contributed by atoms with Crippen LogP contribution in [0.4, 0.5) is 5.69 Å². The topological polar surface area (TPSA) is 86.8 Å². The second-order valence-corrected chi connectivity index (χ2v) is 14.5. The minimum Gasteiger partial charge on any atom is -0.352 e. The van der Waals surface area contributed by atoms with Gasteiger partial charge in [-0.05, 0) is 68.3 Å². The molecule has 1 N–H and O–H groups in total. The van der Waals surface area contributed by atoms with Crippen molar-refractivity contribution in [2.45, 2.75) is 50.7 Å². The van der Waals surface area contributed by atoms with Crippen LogP contribution in [-0.2, 0) is 32.6 Å². The number of nitrogens with zero attached hydrogens (tertiary/aromatic N) is 2. The highest BCUT2D eigenvalue weighted by Crippen LogP contribution is 2.35. The smallest absolute Gasteiger partial charge is 0.264 e. The summed E-state index contributed by atoms with van der Waals surface area (Å²) >= 11 is 16.4. The molecule has 0 aromatic heterocycles. The van der Waals surface area contributed by atoms with Crippen LogP contribution in [0.1, 0.15) is 30.5 Å². The summed E-state index contributed by atoms with van der Waals surface area (Å²) in [7, 11) is -4.31. The van der Waals surface area contributed by atoms with Gasteiger partial charge in [-0.1, -0.05) is 105 Å². The number of aryl methyl sites for hydroxylation is 1. The maximum absolute atomic E-state index is 14.5. The molecule has 2 amide bonds. The van der Waals surface area contributed by atoms with Crippen LogP contribution in [0.5, 0.6) is 0 Å². The van der Waals surface area contributed by atoms with Gasteiger partial charge in [-0.25, -0.2) is 8.42 Å². The van der Waals surface area contributed by atoms with E-state index in [0.717, 1.165) is 25.5 Å². The van der Waals surface area contributed by atoms with E-state index in [1.807, 2.05) is 75.4 Å². The molecule has 0 fully saturated rings. The van der Waals surface area contributed by atoms with E-state index in [4.69, 9.17) is 23.2 Å². The Morgan fingerprint density at radius 3 is 2.16 bits per heavy atom. The number of anilines is 1. The molecule has 0 aliphatic rings. The number of halogens is 3. The largest absolute Gasteiger partial charge is 0.352 e. The molecule has 4 aromatic carbocycles. The van der Waals surface area contributed by atoms with Gasteiger partial charge in [0.25, 0.3) is 10.0 Å². The first kappa shape index (κ1) is 34.5. The number of rotatable bonds is 12. The molecule has 236 valence electrons. The van der Waals surface area contributed by atoms with Gasteiger partial charge in [0.15, 0.2) is 0 Å². The number of amides is 2. The van der Waals surface area contributed by atoms with Gasteiger partial charge in [-0.2, -0.15) is 0 Å². The molecule has 4 rings (SSSR count). The third-order valence-corrected chi connectivity index (χ3v) is 10.1. The Labute approximate surface area is 283 Å². The number of carbonyl (C=O) groups excluding carboxylic acids is 2. The molecule has 1 unspecified atom stereocenters. The highest BCUT2D eigenvalue weighted by atomic mass is 79.9. The van der Waals surface area contributed by atoms with Gasteiger partial charge >= 0.3 is 0 Å². The second-order valence-electron chi connectivity index (χ2n) is 10.9. The first-order valence-electron chi connectivity index (χ1n) is 14.3. The standard InChI is InChI=1S/C34H34BrCl2N3O4S/c1-23(2)38-34(42)31(20-25-9-5-4-6-10-25)39(21-26-11-7-12-27(35)19-26)32(41)22-40(30-14-8-13-29(36)33(30)37)45(43,44)28-17-15-24(3)16-18-28/h4-19,23,31H,20-22H2,1-3H3,(H,38,42). The van der Waals surface area contributed by atoms with E-state index in [1.165, 1.54) is 29.2 Å². The summed E-state index contributed by atoms with van der Waals surface area (Å²) in [6.07, 6.45) is 0.210. The Morgan fingerprint density at radius 1 is 0.867 bits per heavy atom. The minimum absolute atomic E-state index is 0.0143. The van der Waals surface area contributed by atoms with Gasteiger partial charge in [-0.15, -0.1) is 0 Å². The van der Waals surface area contributed by atoms with Gasteiger partial charge < -0.3 is 10.2 Å². The molecule has 45 heavy (non-hydrogen) atoms. The Kier molecular flexibility index (Phi) is 11.7. The molecule has 0 aliphatic heterocycles. The van der Waals surface area contributed by atoms with Gasteiger partial charge in [0.2, 0.25) is 11.8 Å². The van der Waals surface area contributed by atoms with Crippen LogP contribution in [0.25, 0.3) is 0 Å². The van der Waals surface area contributed by atoms with Crippen molar-refractivity contribution >= 4 is 66.7 Å². The minimum atomic E-state index is -4.31. The number of sulfonamides is 1. The highest BCUT2D eigenvalue weighted by Gasteiger charge is 2.35. The quantitative estimate of drug-likeness (QED) is 0.164. The van der Waals surface area contributed by atoms with E-state index in [2.05, 4.69) is 21.2 Å². The third-order valence-electron chi connectivity index (χ3n) is 7.03. The Hall–Kier alpha value is -3.37. The van der Waals surface area contributed by atoms with E-state index >= 15 is 0 Å². The van der Waals surface area contributed by atoms with Crippen LogP contribution in [0, 0.1) is 6.92 Å². The molecule has 4 aromatic rings. The summed E-state index contributed by atoms with van der Waals surface area (Å²) in [6.45, 7) is 4.94. The van der Waals surface area contributed by atoms with Crippen molar-refractivity contribution in [3.63, 3.8) is 0 Å². The molecule has 0 heterocycles.